The number of ketones is 1. The van der Waals surface area contributed by atoms with Gasteiger partial charge in [0.2, 0.25) is 23.2 Å². The van der Waals surface area contributed by atoms with Crippen LogP contribution in [0.5, 0.6) is 5.75 Å². The van der Waals surface area contributed by atoms with Gasteiger partial charge in [-0.05, 0) is 13.8 Å². The highest BCUT2D eigenvalue weighted by molar-refractivity contribution is 6.25. The van der Waals surface area contributed by atoms with E-state index in [1.165, 1.54) is 13.8 Å². The summed E-state index contributed by atoms with van der Waals surface area (Å²) < 4.78 is 79.6. The van der Waals surface area contributed by atoms with Gasteiger partial charge in [0.25, 0.3) is 0 Å². The maximum absolute atomic E-state index is 14.5. The summed E-state index contributed by atoms with van der Waals surface area (Å²) in [6.45, 7) is -1.50. The molecule has 1 aromatic rings. The van der Waals surface area contributed by atoms with Crippen molar-refractivity contribution in [3.63, 3.8) is 0 Å². The average Bonchev–Trinajstić information content (AvgIpc) is 2.61. The molecule has 1 rings (SSSR count). The van der Waals surface area contributed by atoms with Crippen LogP contribution in [0.15, 0.2) is 11.8 Å². The molecule has 0 atom stereocenters. The first-order chi connectivity index (χ1) is 13.1. The first-order valence-electron chi connectivity index (χ1n) is 7.41. The standard InChI is InChI=1S/C15H12F5NO7/c1-3-26-5-6(14(23)27-4-2)12(22)7-8(16)13(28-15(19)20)10(18)9(17)11(7)21(24)25/h5,15H,3-4H2,1-2H3. The van der Waals surface area contributed by atoms with Gasteiger partial charge in [0, 0.05) is 0 Å². The van der Waals surface area contributed by atoms with Crippen molar-refractivity contribution in [2.45, 2.75) is 20.5 Å². The van der Waals surface area contributed by atoms with Crippen molar-refractivity contribution in [1.82, 2.24) is 0 Å². The second kappa shape index (κ2) is 9.62. The van der Waals surface area contributed by atoms with Crippen LogP contribution in [-0.2, 0) is 14.3 Å². The molecule has 0 fully saturated rings. The summed E-state index contributed by atoms with van der Waals surface area (Å²) in [6.07, 6.45) is 0.457. The Morgan fingerprint density at radius 1 is 1.11 bits per heavy atom. The molecule has 13 heteroatoms. The number of halogens is 5. The van der Waals surface area contributed by atoms with Crippen LogP contribution >= 0.6 is 0 Å². The van der Waals surface area contributed by atoms with Gasteiger partial charge in [-0.1, -0.05) is 0 Å². The van der Waals surface area contributed by atoms with Crippen molar-refractivity contribution < 1.29 is 50.7 Å². The Morgan fingerprint density at radius 3 is 2.18 bits per heavy atom. The summed E-state index contributed by atoms with van der Waals surface area (Å²) >= 11 is 0. The summed E-state index contributed by atoms with van der Waals surface area (Å²) in [5.74, 6) is -12.6. The Hall–Kier alpha value is -3.25. The van der Waals surface area contributed by atoms with E-state index in [1.807, 2.05) is 0 Å². The molecule has 0 unspecified atom stereocenters. The molecule has 0 spiro atoms. The fourth-order valence-corrected chi connectivity index (χ4v) is 1.90. The van der Waals surface area contributed by atoms with E-state index in [4.69, 9.17) is 4.74 Å². The molecule has 0 amide bonds. The number of esters is 1. The zero-order chi connectivity index (χ0) is 21.6. The lowest BCUT2D eigenvalue weighted by atomic mass is 10.0. The highest BCUT2D eigenvalue weighted by atomic mass is 19.3. The third kappa shape index (κ3) is 4.72. The number of carbonyl (C=O) groups excluding carboxylic acids is 2. The molecule has 0 radical (unpaired) electrons. The lowest BCUT2D eigenvalue weighted by Crippen LogP contribution is -2.21. The molecule has 0 heterocycles. The van der Waals surface area contributed by atoms with E-state index in [1.54, 1.807) is 0 Å². The number of hydrogen-bond acceptors (Lipinski definition) is 7. The van der Waals surface area contributed by atoms with Crippen LogP contribution in [0.2, 0.25) is 0 Å². The van der Waals surface area contributed by atoms with E-state index in [0.717, 1.165) is 0 Å². The molecule has 0 bridgehead atoms. The summed E-state index contributed by atoms with van der Waals surface area (Å²) in [5, 5.41) is 11.0. The number of carbonyl (C=O) groups is 2. The highest BCUT2D eigenvalue weighted by Crippen LogP contribution is 2.37. The molecule has 28 heavy (non-hydrogen) atoms. The number of ether oxygens (including phenoxy) is 3. The first kappa shape index (κ1) is 22.8. The molecule has 0 aromatic heterocycles. The fraction of sp³-hybridized carbons (Fsp3) is 0.333. The third-order valence-corrected chi connectivity index (χ3v) is 2.98. The van der Waals surface area contributed by atoms with Gasteiger partial charge in [0.15, 0.2) is 5.82 Å². The van der Waals surface area contributed by atoms with Crippen LogP contribution in [-0.4, -0.2) is 36.5 Å². The van der Waals surface area contributed by atoms with Gasteiger partial charge in [-0.3, -0.25) is 14.9 Å². The van der Waals surface area contributed by atoms with Crippen LogP contribution in [0.25, 0.3) is 0 Å². The van der Waals surface area contributed by atoms with E-state index in [2.05, 4.69) is 9.47 Å². The van der Waals surface area contributed by atoms with Gasteiger partial charge in [0.05, 0.1) is 18.1 Å². The minimum Gasteiger partial charge on any atom is -0.500 e. The van der Waals surface area contributed by atoms with E-state index in [-0.39, 0.29) is 13.2 Å². The van der Waals surface area contributed by atoms with Gasteiger partial charge in [-0.25, -0.2) is 9.18 Å². The van der Waals surface area contributed by atoms with Crippen LogP contribution in [0.4, 0.5) is 27.6 Å². The van der Waals surface area contributed by atoms with Crippen molar-refractivity contribution in [1.29, 1.82) is 0 Å². The molecular formula is C15H12F5NO7. The van der Waals surface area contributed by atoms with Gasteiger partial charge >= 0.3 is 18.3 Å². The first-order valence-corrected chi connectivity index (χ1v) is 7.41. The van der Waals surface area contributed by atoms with Crippen LogP contribution in [0, 0.1) is 27.6 Å². The molecule has 154 valence electrons. The quantitative estimate of drug-likeness (QED) is 0.0585. The number of nitro benzene ring substituents is 1. The molecule has 0 N–H and O–H groups in total. The maximum atomic E-state index is 14.5. The van der Waals surface area contributed by atoms with Gasteiger partial charge in [-0.15, -0.1) is 0 Å². The smallest absolute Gasteiger partial charge is 0.387 e. The second-order valence-electron chi connectivity index (χ2n) is 4.67. The number of Topliss-reactive ketones (excluding diaryl/α,β-unsaturated/α-hetero) is 1. The molecule has 0 aliphatic heterocycles. The molecule has 0 saturated heterocycles. The normalized spacial score (nSPS) is 11.4. The Bertz CT molecular complexity index is 826. The molecule has 0 saturated carbocycles. The lowest BCUT2D eigenvalue weighted by Gasteiger charge is -2.12. The van der Waals surface area contributed by atoms with E-state index in [0.29, 0.717) is 6.26 Å². The Labute approximate surface area is 153 Å². The number of benzene rings is 1. The summed E-state index contributed by atoms with van der Waals surface area (Å²) in [4.78, 5) is 33.7. The van der Waals surface area contributed by atoms with Crippen molar-refractivity contribution in [2.75, 3.05) is 13.2 Å². The van der Waals surface area contributed by atoms with E-state index >= 15 is 0 Å². The molecular weight excluding hydrogens is 401 g/mol. The second-order valence-corrected chi connectivity index (χ2v) is 4.67. The molecule has 0 aliphatic carbocycles. The lowest BCUT2D eigenvalue weighted by molar-refractivity contribution is -0.388. The van der Waals surface area contributed by atoms with Crippen molar-refractivity contribution in [3.05, 3.63) is 45.0 Å². The van der Waals surface area contributed by atoms with Crippen molar-refractivity contribution >= 4 is 17.4 Å². The number of hydrogen-bond donors (Lipinski definition) is 0. The van der Waals surface area contributed by atoms with Gasteiger partial charge in [0.1, 0.15) is 17.4 Å². The number of alkyl halides is 2. The third-order valence-electron chi connectivity index (χ3n) is 2.98. The van der Waals surface area contributed by atoms with E-state index in [9.17, 15) is 41.7 Å². The minimum absolute atomic E-state index is 0.113. The number of nitro groups is 1. The minimum atomic E-state index is -3.85. The Balaban J connectivity index is 3.80. The fourth-order valence-electron chi connectivity index (χ4n) is 1.90. The van der Waals surface area contributed by atoms with Crippen molar-refractivity contribution in [2.24, 2.45) is 0 Å². The largest absolute Gasteiger partial charge is 0.500 e. The highest BCUT2D eigenvalue weighted by Gasteiger charge is 2.40. The SMILES string of the molecule is CCOC=C(C(=O)OCC)C(=O)c1c(F)c(OC(F)F)c(F)c(F)c1[N+](=O)[O-]. The summed E-state index contributed by atoms with van der Waals surface area (Å²) in [6, 6.07) is 0. The molecule has 0 aliphatic rings. The summed E-state index contributed by atoms with van der Waals surface area (Å²) in [5.41, 5.74) is -4.97. The average molecular weight is 413 g/mol. The van der Waals surface area contributed by atoms with E-state index < -0.39 is 63.3 Å². The Morgan fingerprint density at radius 2 is 1.71 bits per heavy atom. The van der Waals surface area contributed by atoms with Gasteiger partial charge < -0.3 is 14.2 Å². The van der Waals surface area contributed by atoms with Crippen LogP contribution in [0.3, 0.4) is 0 Å². The topological polar surface area (TPSA) is 105 Å². The predicted molar refractivity (Wildman–Crippen MR) is 80.3 cm³/mol. The zero-order valence-electron chi connectivity index (χ0n) is 14.3. The predicted octanol–water partition coefficient (Wildman–Crippen LogP) is 3.28. The number of rotatable bonds is 9. The summed E-state index contributed by atoms with van der Waals surface area (Å²) in [7, 11) is 0. The van der Waals surface area contributed by atoms with Gasteiger partial charge in [-0.2, -0.15) is 17.6 Å². The molecule has 1 aromatic carbocycles. The van der Waals surface area contributed by atoms with Crippen LogP contribution < -0.4 is 4.74 Å². The maximum Gasteiger partial charge on any atom is 0.387 e. The zero-order valence-corrected chi connectivity index (χ0v) is 14.3. The monoisotopic (exact) mass is 413 g/mol. The Kier molecular flexibility index (Phi) is 7.83. The van der Waals surface area contributed by atoms with Crippen molar-refractivity contribution in [3.8, 4) is 5.75 Å². The molecule has 8 nitrogen and oxygen atoms in total. The number of nitrogens with zero attached hydrogens (tertiary/aromatic N) is 1. The van der Waals surface area contributed by atoms with Crippen LogP contribution in [0.1, 0.15) is 24.2 Å².